The van der Waals surface area contributed by atoms with Crippen molar-refractivity contribution in [3.63, 3.8) is 0 Å². The molecule has 0 spiro atoms. The minimum absolute atomic E-state index is 0. The van der Waals surface area contributed by atoms with Crippen molar-refractivity contribution in [2.75, 3.05) is 40.5 Å². The Morgan fingerprint density at radius 3 is 2.38 bits per heavy atom. The van der Waals surface area contributed by atoms with Crippen LogP contribution in [0, 0.1) is 0 Å². The van der Waals surface area contributed by atoms with Crippen LogP contribution in [0.5, 0.6) is 5.75 Å². The monoisotopic (exact) mass is 536 g/mol. The third kappa shape index (κ3) is 8.14. The Balaban J connectivity index is 0.00000148. The SMILES string of the molecule is CCN(C)Cc1c(Cc2cccc(N)c2Cl)c(=O)oc2cc(O)ccc12.CN.C[N-]C.[Y]. The van der Waals surface area contributed by atoms with Crippen molar-refractivity contribution in [3.8, 4) is 5.75 Å². The maximum Gasteiger partial charge on any atom is 0.340 e. The summed E-state index contributed by atoms with van der Waals surface area (Å²) in [6, 6.07) is 10.2. The van der Waals surface area contributed by atoms with Gasteiger partial charge in [-0.1, -0.05) is 30.7 Å². The molecule has 0 fully saturated rings. The van der Waals surface area contributed by atoms with Gasteiger partial charge in [0.15, 0.2) is 0 Å². The van der Waals surface area contributed by atoms with E-state index in [0.717, 1.165) is 23.1 Å². The van der Waals surface area contributed by atoms with Crippen molar-refractivity contribution in [2.45, 2.75) is 19.9 Å². The molecule has 0 bridgehead atoms. The number of halogens is 1. The maximum absolute atomic E-state index is 12.7. The van der Waals surface area contributed by atoms with Crippen LogP contribution in [-0.2, 0) is 45.7 Å². The zero-order chi connectivity index (χ0) is 23.6. The van der Waals surface area contributed by atoms with Gasteiger partial charge >= 0.3 is 5.63 Å². The maximum atomic E-state index is 12.7. The predicted octanol–water partition coefficient (Wildman–Crippen LogP) is 3.97. The molecule has 173 valence electrons. The average molecular weight is 537 g/mol. The summed E-state index contributed by atoms with van der Waals surface area (Å²) in [7, 11) is 6.98. The first-order valence-corrected chi connectivity index (χ1v) is 10.2. The van der Waals surface area contributed by atoms with E-state index in [1.807, 2.05) is 26.1 Å². The molecule has 0 aliphatic rings. The van der Waals surface area contributed by atoms with Crippen molar-refractivity contribution in [2.24, 2.45) is 5.73 Å². The number of phenolic OH excluding ortho intramolecular Hbond substituents is 1. The summed E-state index contributed by atoms with van der Waals surface area (Å²) in [5.74, 6) is 0.0575. The zero-order valence-corrected chi connectivity index (χ0v) is 22.9. The molecule has 2 aromatic carbocycles. The van der Waals surface area contributed by atoms with Crippen LogP contribution in [0.4, 0.5) is 5.69 Å². The normalized spacial score (nSPS) is 10.0. The summed E-state index contributed by atoms with van der Waals surface area (Å²) in [5.41, 5.74) is 13.0. The van der Waals surface area contributed by atoms with E-state index in [2.05, 4.69) is 16.0 Å². The number of phenols is 1. The van der Waals surface area contributed by atoms with Gasteiger partial charge in [0.1, 0.15) is 11.3 Å². The van der Waals surface area contributed by atoms with Gasteiger partial charge < -0.3 is 31.2 Å². The molecule has 0 aliphatic carbocycles. The number of hydrogen-bond donors (Lipinski definition) is 3. The van der Waals surface area contributed by atoms with Crippen molar-refractivity contribution < 1.29 is 42.2 Å². The summed E-state index contributed by atoms with van der Waals surface area (Å²) in [5, 5.41) is 14.5. The Bertz CT molecular complexity index is 1040. The second-order valence-electron chi connectivity index (χ2n) is 6.80. The van der Waals surface area contributed by atoms with E-state index in [-0.39, 0.29) is 38.5 Å². The molecule has 1 aromatic heterocycles. The second-order valence-corrected chi connectivity index (χ2v) is 7.18. The van der Waals surface area contributed by atoms with E-state index in [1.54, 1.807) is 32.3 Å². The summed E-state index contributed by atoms with van der Waals surface area (Å²) in [4.78, 5) is 14.8. The van der Waals surface area contributed by atoms with Gasteiger partial charge in [-0.05, 0) is 50.0 Å². The van der Waals surface area contributed by atoms with Crippen LogP contribution in [0.25, 0.3) is 16.3 Å². The Kier molecular flexibility index (Phi) is 14.7. The van der Waals surface area contributed by atoms with Gasteiger partial charge in [-0.2, -0.15) is 14.1 Å². The van der Waals surface area contributed by atoms with E-state index in [9.17, 15) is 9.90 Å². The van der Waals surface area contributed by atoms with Gasteiger partial charge in [-0.25, -0.2) is 4.79 Å². The Morgan fingerprint density at radius 2 is 1.78 bits per heavy atom. The Hall–Kier alpha value is -1.48. The van der Waals surface area contributed by atoms with Crippen LogP contribution in [-0.4, -0.2) is 44.7 Å². The van der Waals surface area contributed by atoms with E-state index in [1.165, 1.54) is 13.1 Å². The molecule has 1 heterocycles. The molecule has 3 rings (SSSR count). The molecule has 5 N–H and O–H groups in total. The van der Waals surface area contributed by atoms with Crippen LogP contribution in [0.15, 0.2) is 45.6 Å². The second kappa shape index (κ2) is 15.4. The summed E-state index contributed by atoms with van der Waals surface area (Å²) in [6.07, 6.45) is 0.329. The van der Waals surface area contributed by atoms with Crippen LogP contribution in [0.1, 0.15) is 23.6 Å². The van der Waals surface area contributed by atoms with Crippen molar-refractivity contribution >= 4 is 28.3 Å². The smallest absolute Gasteiger partial charge is 0.340 e. The molecular weight excluding hydrogens is 505 g/mol. The number of aromatic hydroxyl groups is 1. The number of nitrogen functional groups attached to an aromatic ring is 1. The molecule has 0 aliphatic heterocycles. The van der Waals surface area contributed by atoms with Crippen LogP contribution in [0.3, 0.4) is 0 Å². The van der Waals surface area contributed by atoms with Crippen LogP contribution < -0.4 is 17.1 Å². The number of nitrogens with two attached hydrogens (primary N) is 2. The number of benzene rings is 2. The molecule has 0 unspecified atom stereocenters. The van der Waals surface area contributed by atoms with Gasteiger partial charge in [-0.3, -0.25) is 0 Å². The van der Waals surface area contributed by atoms with Crippen molar-refractivity contribution in [1.82, 2.24) is 4.90 Å². The van der Waals surface area contributed by atoms with Gasteiger partial charge in [0.25, 0.3) is 0 Å². The number of anilines is 1. The molecular formula is C23H32ClN4O3Y-. The van der Waals surface area contributed by atoms with Crippen LogP contribution >= 0.6 is 11.6 Å². The molecule has 9 heteroatoms. The average Bonchev–Trinajstić information content (AvgIpc) is 2.75. The van der Waals surface area contributed by atoms with Gasteiger partial charge in [0, 0.05) is 62.7 Å². The molecule has 0 saturated carbocycles. The molecule has 1 radical (unpaired) electrons. The molecule has 0 atom stereocenters. The summed E-state index contributed by atoms with van der Waals surface area (Å²) in [6.45, 7) is 3.46. The fourth-order valence-electron chi connectivity index (χ4n) is 2.96. The van der Waals surface area contributed by atoms with E-state index in [0.29, 0.717) is 34.8 Å². The minimum atomic E-state index is -0.430. The standard InChI is InChI=1S/C20H21ClN2O3.C2H6N.CH5N.Y/c1-3-23(2)11-16-14-8-7-13(24)10-18(14)26-20(25)15(16)9-12-5-4-6-17(22)19(12)21;1-3-2;1-2;/h4-8,10,24H,3,9,11,22H2,1-2H3;1-2H3;2H2,1H3;/q;-1;;. The zero-order valence-electron chi connectivity index (χ0n) is 19.4. The third-order valence-electron chi connectivity index (χ3n) is 4.55. The summed E-state index contributed by atoms with van der Waals surface area (Å²) >= 11 is 6.32. The number of fused-ring (bicyclic) bond motifs is 1. The van der Waals surface area contributed by atoms with Crippen molar-refractivity contribution in [1.29, 1.82) is 0 Å². The van der Waals surface area contributed by atoms with Crippen LogP contribution in [0.2, 0.25) is 5.02 Å². The predicted molar refractivity (Wildman–Crippen MR) is 130 cm³/mol. The third-order valence-corrected chi connectivity index (χ3v) is 5.01. The van der Waals surface area contributed by atoms with Gasteiger partial charge in [-0.15, -0.1) is 0 Å². The first kappa shape index (κ1) is 30.5. The molecule has 0 saturated heterocycles. The fraction of sp³-hybridized carbons (Fsp3) is 0.348. The van der Waals surface area contributed by atoms with Gasteiger partial charge in [0.05, 0.1) is 10.7 Å². The van der Waals surface area contributed by atoms with E-state index in [4.69, 9.17) is 21.8 Å². The quantitative estimate of drug-likeness (QED) is 0.335. The number of hydrogen-bond acceptors (Lipinski definition) is 6. The largest absolute Gasteiger partial charge is 0.668 e. The van der Waals surface area contributed by atoms with E-state index >= 15 is 0 Å². The first-order chi connectivity index (χ1) is 14.8. The van der Waals surface area contributed by atoms with Gasteiger partial charge in [0.2, 0.25) is 0 Å². The molecule has 32 heavy (non-hydrogen) atoms. The fourth-order valence-corrected chi connectivity index (χ4v) is 3.15. The molecule has 0 amide bonds. The number of rotatable bonds is 5. The first-order valence-electron chi connectivity index (χ1n) is 9.86. The minimum Gasteiger partial charge on any atom is -0.668 e. The molecule has 3 aromatic rings. The van der Waals surface area contributed by atoms with E-state index < -0.39 is 5.63 Å². The van der Waals surface area contributed by atoms with Crippen molar-refractivity contribution in [3.05, 3.63) is 73.8 Å². The summed E-state index contributed by atoms with van der Waals surface area (Å²) < 4.78 is 5.46. The molecule has 7 nitrogen and oxygen atoms in total. The Morgan fingerprint density at radius 1 is 1.16 bits per heavy atom. The topological polar surface area (TPSA) is 120 Å². The Labute approximate surface area is 220 Å². The number of nitrogens with zero attached hydrogens (tertiary/aromatic N) is 2.